The number of morpholine rings is 1. The van der Waals surface area contributed by atoms with E-state index in [9.17, 15) is 8.42 Å². The fraction of sp³-hybridized carbons (Fsp3) is 0.692. The van der Waals surface area contributed by atoms with E-state index in [1.54, 1.807) is 17.5 Å². The highest BCUT2D eigenvalue weighted by Gasteiger charge is 2.23. The van der Waals surface area contributed by atoms with Gasteiger partial charge in [-0.05, 0) is 17.4 Å². The van der Waals surface area contributed by atoms with Gasteiger partial charge in [0.2, 0.25) is 10.0 Å². The largest absolute Gasteiger partial charge is 0.374 e. The van der Waals surface area contributed by atoms with Gasteiger partial charge in [-0.15, -0.1) is 11.3 Å². The van der Waals surface area contributed by atoms with Crippen LogP contribution >= 0.6 is 11.3 Å². The molecule has 1 aromatic heterocycles. The molecule has 0 saturated carbocycles. The molecule has 5 nitrogen and oxygen atoms in total. The van der Waals surface area contributed by atoms with Crippen LogP contribution in [-0.4, -0.2) is 52.2 Å². The van der Waals surface area contributed by atoms with Crippen LogP contribution in [0.25, 0.3) is 0 Å². The van der Waals surface area contributed by atoms with Crippen molar-refractivity contribution in [3.05, 3.63) is 17.5 Å². The minimum atomic E-state index is -3.39. The van der Waals surface area contributed by atoms with Gasteiger partial charge in [0, 0.05) is 26.2 Å². The average molecular weight is 318 g/mol. The Bertz CT molecular complexity index is 500. The Balaban J connectivity index is 1.85. The summed E-state index contributed by atoms with van der Waals surface area (Å²) in [6.07, 6.45) is -0.0720. The monoisotopic (exact) mass is 318 g/mol. The first-order valence-electron chi connectivity index (χ1n) is 6.84. The van der Waals surface area contributed by atoms with Crippen LogP contribution in [0.2, 0.25) is 0 Å². The molecule has 7 heteroatoms. The van der Waals surface area contributed by atoms with E-state index in [1.165, 1.54) is 11.3 Å². The topological polar surface area (TPSA) is 58.6 Å². The van der Waals surface area contributed by atoms with Gasteiger partial charge < -0.3 is 4.74 Å². The number of sulfonamides is 1. The minimum absolute atomic E-state index is 0.0720. The summed E-state index contributed by atoms with van der Waals surface area (Å²) < 4.78 is 32.7. The third-order valence-corrected chi connectivity index (χ3v) is 5.93. The number of hydrogen-bond donors (Lipinski definition) is 1. The van der Waals surface area contributed by atoms with Crippen molar-refractivity contribution in [1.29, 1.82) is 0 Å². The van der Waals surface area contributed by atoms with Crippen LogP contribution < -0.4 is 4.72 Å². The van der Waals surface area contributed by atoms with Crippen LogP contribution in [0.15, 0.2) is 21.7 Å². The van der Waals surface area contributed by atoms with Crippen LogP contribution in [0, 0.1) is 5.92 Å². The number of hydrogen-bond acceptors (Lipinski definition) is 5. The van der Waals surface area contributed by atoms with Crippen molar-refractivity contribution in [2.75, 3.05) is 32.8 Å². The van der Waals surface area contributed by atoms with Crippen molar-refractivity contribution in [2.45, 2.75) is 24.2 Å². The summed E-state index contributed by atoms with van der Waals surface area (Å²) in [4.78, 5) is 2.33. The summed E-state index contributed by atoms with van der Waals surface area (Å²) in [7, 11) is -3.39. The minimum Gasteiger partial charge on any atom is -0.374 e. The third kappa shape index (κ3) is 4.53. The fourth-order valence-corrected chi connectivity index (χ4v) is 4.38. The second-order valence-electron chi connectivity index (χ2n) is 5.43. The Labute approximate surface area is 125 Å². The molecule has 0 aliphatic carbocycles. The van der Waals surface area contributed by atoms with Crippen LogP contribution in [-0.2, 0) is 14.8 Å². The molecule has 0 spiro atoms. The number of nitrogens with zero attached hydrogens (tertiary/aromatic N) is 1. The van der Waals surface area contributed by atoms with Gasteiger partial charge in [0.1, 0.15) is 4.21 Å². The van der Waals surface area contributed by atoms with E-state index in [-0.39, 0.29) is 6.10 Å². The maximum absolute atomic E-state index is 12.0. The van der Waals surface area contributed by atoms with E-state index >= 15 is 0 Å². The summed E-state index contributed by atoms with van der Waals surface area (Å²) in [6, 6.07) is 3.35. The Morgan fingerprint density at radius 3 is 3.00 bits per heavy atom. The number of rotatable bonds is 6. The molecule has 1 aliphatic heterocycles. The smallest absolute Gasteiger partial charge is 0.250 e. The molecule has 1 atom stereocenters. The van der Waals surface area contributed by atoms with Crippen LogP contribution in [0.5, 0.6) is 0 Å². The molecule has 1 aliphatic rings. The van der Waals surface area contributed by atoms with Crippen LogP contribution in [0.4, 0.5) is 0 Å². The van der Waals surface area contributed by atoms with E-state index in [4.69, 9.17) is 4.74 Å². The fourth-order valence-electron chi connectivity index (χ4n) is 2.28. The van der Waals surface area contributed by atoms with Gasteiger partial charge in [-0.3, -0.25) is 4.90 Å². The molecule has 2 rings (SSSR count). The lowest BCUT2D eigenvalue weighted by Crippen LogP contribution is -2.48. The van der Waals surface area contributed by atoms with Crippen molar-refractivity contribution < 1.29 is 13.2 Å². The van der Waals surface area contributed by atoms with Crippen LogP contribution in [0.1, 0.15) is 13.8 Å². The lowest BCUT2D eigenvalue weighted by atomic mass is 10.2. The Morgan fingerprint density at radius 1 is 1.55 bits per heavy atom. The first-order valence-corrected chi connectivity index (χ1v) is 9.21. The van der Waals surface area contributed by atoms with Gasteiger partial charge in [0.25, 0.3) is 0 Å². The lowest BCUT2D eigenvalue weighted by molar-refractivity contribution is -0.0280. The predicted octanol–water partition coefficient (Wildman–Crippen LogP) is 1.38. The highest BCUT2D eigenvalue weighted by molar-refractivity contribution is 7.91. The molecule has 0 unspecified atom stereocenters. The van der Waals surface area contributed by atoms with Gasteiger partial charge in [-0.1, -0.05) is 19.9 Å². The molecule has 0 bridgehead atoms. The van der Waals surface area contributed by atoms with E-state index in [0.29, 0.717) is 23.3 Å². The van der Waals surface area contributed by atoms with E-state index in [2.05, 4.69) is 23.5 Å². The molecule has 0 radical (unpaired) electrons. The average Bonchev–Trinajstić information content (AvgIpc) is 2.91. The summed E-state index contributed by atoms with van der Waals surface area (Å²) in [5, 5.41) is 1.76. The van der Waals surface area contributed by atoms with Crippen LogP contribution in [0.3, 0.4) is 0 Å². The SMILES string of the molecule is CC(C)CN1CCO[C@H](CNS(=O)(=O)c2cccs2)C1. The highest BCUT2D eigenvalue weighted by Crippen LogP contribution is 2.15. The van der Waals surface area contributed by atoms with Crippen molar-refractivity contribution in [3.63, 3.8) is 0 Å². The first kappa shape index (κ1) is 15.9. The van der Waals surface area contributed by atoms with Crippen molar-refractivity contribution >= 4 is 21.4 Å². The third-order valence-electron chi connectivity index (χ3n) is 3.11. The summed E-state index contributed by atoms with van der Waals surface area (Å²) >= 11 is 1.22. The molecule has 0 aromatic carbocycles. The number of nitrogens with one attached hydrogen (secondary N) is 1. The molecule has 20 heavy (non-hydrogen) atoms. The molecule has 1 aromatic rings. The number of ether oxygens (including phenoxy) is 1. The zero-order valence-electron chi connectivity index (χ0n) is 11.9. The summed E-state index contributed by atoms with van der Waals surface area (Å²) in [6.45, 7) is 8.09. The van der Waals surface area contributed by atoms with Gasteiger partial charge in [0.15, 0.2) is 0 Å². The molecular formula is C13H22N2O3S2. The predicted molar refractivity (Wildman–Crippen MR) is 80.5 cm³/mol. The zero-order valence-corrected chi connectivity index (χ0v) is 13.5. The number of thiophene rings is 1. The maximum Gasteiger partial charge on any atom is 0.250 e. The van der Waals surface area contributed by atoms with Gasteiger partial charge >= 0.3 is 0 Å². The molecule has 1 saturated heterocycles. The van der Waals surface area contributed by atoms with Crippen molar-refractivity contribution in [1.82, 2.24) is 9.62 Å². The lowest BCUT2D eigenvalue weighted by Gasteiger charge is -2.33. The first-order chi connectivity index (χ1) is 9.47. The van der Waals surface area contributed by atoms with Crippen molar-refractivity contribution in [2.24, 2.45) is 5.92 Å². The Hall–Kier alpha value is -0.470. The standard InChI is InChI=1S/C13H22N2O3S2/c1-11(2)9-15-5-6-18-12(10-15)8-14-20(16,17)13-4-3-7-19-13/h3-4,7,11-12,14H,5-6,8-10H2,1-2H3/t12-/m1/s1. The Morgan fingerprint density at radius 2 is 2.35 bits per heavy atom. The molecule has 114 valence electrons. The summed E-state index contributed by atoms with van der Waals surface area (Å²) in [5.74, 6) is 0.608. The molecule has 0 amide bonds. The molecule has 2 heterocycles. The summed E-state index contributed by atoms with van der Waals surface area (Å²) in [5.41, 5.74) is 0. The quantitative estimate of drug-likeness (QED) is 0.861. The van der Waals surface area contributed by atoms with E-state index in [0.717, 1.165) is 19.6 Å². The van der Waals surface area contributed by atoms with Gasteiger partial charge in [-0.25, -0.2) is 13.1 Å². The normalized spacial score (nSPS) is 21.4. The van der Waals surface area contributed by atoms with Gasteiger partial charge in [-0.2, -0.15) is 0 Å². The Kier molecular flexibility index (Phi) is 5.57. The van der Waals surface area contributed by atoms with Gasteiger partial charge in [0.05, 0.1) is 12.7 Å². The molecule has 1 fully saturated rings. The zero-order chi connectivity index (χ0) is 14.6. The molecular weight excluding hydrogens is 296 g/mol. The second-order valence-corrected chi connectivity index (χ2v) is 8.37. The maximum atomic E-state index is 12.0. The second kappa shape index (κ2) is 7.00. The highest BCUT2D eigenvalue weighted by atomic mass is 32.2. The molecule has 1 N–H and O–H groups in total. The van der Waals surface area contributed by atoms with E-state index < -0.39 is 10.0 Å². The van der Waals surface area contributed by atoms with Crippen molar-refractivity contribution in [3.8, 4) is 0 Å². The van der Waals surface area contributed by atoms with E-state index in [1.807, 2.05) is 0 Å².